The maximum absolute atomic E-state index is 12.8. The number of thiazole rings is 1. The number of aliphatic imine (C=N–C) groups is 1. The van der Waals surface area contributed by atoms with E-state index in [1.807, 2.05) is 24.3 Å². The molecule has 0 radical (unpaired) electrons. The number of benzene rings is 1. The van der Waals surface area contributed by atoms with E-state index in [4.69, 9.17) is 0 Å². The van der Waals surface area contributed by atoms with Crippen LogP contribution in [0.5, 0.6) is 0 Å². The number of fused-ring (bicyclic) bond motifs is 1. The van der Waals surface area contributed by atoms with Crippen molar-refractivity contribution in [3.63, 3.8) is 0 Å². The van der Waals surface area contributed by atoms with Crippen LogP contribution < -0.4 is 5.32 Å². The standard InChI is InChI=1S/C20H22N4O2S2/c1-2-11-24-18(26)16(12-17(25)21-13-7-3-4-8-13)28-20(24)23-19-22-14-9-5-6-10-15(14)27-19/h2,5-6,9-10,13,16H,1,3-4,7-8,11-12H2,(H,21,25). The summed E-state index contributed by atoms with van der Waals surface area (Å²) in [5, 5.41) is 3.81. The molecule has 4 rings (SSSR count). The number of nitrogens with zero attached hydrogens (tertiary/aromatic N) is 3. The fourth-order valence-electron chi connectivity index (χ4n) is 3.54. The minimum Gasteiger partial charge on any atom is -0.353 e. The molecule has 1 aliphatic heterocycles. The van der Waals surface area contributed by atoms with E-state index in [1.165, 1.54) is 23.1 Å². The highest BCUT2D eigenvalue weighted by molar-refractivity contribution is 8.15. The van der Waals surface area contributed by atoms with Crippen molar-refractivity contribution in [3.05, 3.63) is 36.9 Å². The molecule has 1 aromatic heterocycles. The lowest BCUT2D eigenvalue weighted by Gasteiger charge is -2.14. The quantitative estimate of drug-likeness (QED) is 0.729. The third kappa shape index (κ3) is 4.12. The molecule has 2 fully saturated rings. The van der Waals surface area contributed by atoms with Crippen LogP contribution in [0.1, 0.15) is 32.1 Å². The van der Waals surface area contributed by atoms with Gasteiger partial charge in [-0.05, 0) is 25.0 Å². The molecule has 1 unspecified atom stereocenters. The number of carbonyl (C=O) groups is 2. The van der Waals surface area contributed by atoms with Gasteiger partial charge in [-0.1, -0.05) is 54.1 Å². The van der Waals surface area contributed by atoms with E-state index in [0.717, 1.165) is 35.9 Å². The third-order valence-electron chi connectivity index (χ3n) is 4.90. The monoisotopic (exact) mass is 414 g/mol. The van der Waals surface area contributed by atoms with Gasteiger partial charge in [0.05, 0.1) is 10.2 Å². The Morgan fingerprint density at radius 2 is 2.14 bits per heavy atom. The summed E-state index contributed by atoms with van der Waals surface area (Å²) in [6.07, 6.45) is 6.23. The van der Waals surface area contributed by atoms with Crippen LogP contribution in [0.4, 0.5) is 5.13 Å². The average Bonchev–Trinajstić information content (AvgIpc) is 3.38. The number of para-hydroxylation sites is 1. The topological polar surface area (TPSA) is 74.7 Å². The number of hydrogen-bond acceptors (Lipinski definition) is 6. The van der Waals surface area contributed by atoms with Crippen LogP contribution >= 0.6 is 23.1 Å². The highest BCUT2D eigenvalue weighted by Crippen LogP contribution is 2.34. The predicted molar refractivity (Wildman–Crippen MR) is 115 cm³/mol. The highest BCUT2D eigenvalue weighted by Gasteiger charge is 2.39. The Morgan fingerprint density at radius 3 is 2.89 bits per heavy atom. The first-order valence-electron chi connectivity index (χ1n) is 9.46. The van der Waals surface area contributed by atoms with Crippen molar-refractivity contribution in [2.75, 3.05) is 6.54 Å². The van der Waals surface area contributed by atoms with Crippen LogP contribution in [-0.2, 0) is 9.59 Å². The lowest BCUT2D eigenvalue weighted by atomic mass is 10.2. The molecule has 1 aliphatic carbocycles. The van der Waals surface area contributed by atoms with Crippen LogP contribution in [0.15, 0.2) is 41.9 Å². The molecule has 1 N–H and O–H groups in total. The van der Waals surface area contributed by atoms with Crippen molar-refractivity contribution in [3.8, 4) is 0 Å². The first-order valence-corrected chi connectivity index (χ1v) is 11.2. The Kier molecular flexibility index (Phi) is 5.77. The first kappa shape index (κ1) is 19.1. The van der Waals surface area contributed by atoms with E-state index in [1.54, 1.807) is 11.0 Å². The zero-order valence-electron chi connectivity index (χ0n) is 15.5. The van der Waals surface area contributed by atoms with Gasteiger partial charge in [0.25, 0.3) is 0 Å². The van der Waals surface area contributed by atoms with Gasteiger partial charge in [-0.15, -0.1) is 6.58 Å². The third-order valence-corrected chi connectivity index (χ3v) is 7.00. The predicted octanol–water partition coefficient (Wildman–Crippen LogP) is 3.86. The number of amides is 2. The summed E-state index contributed by atoms with van der Waals surface area (Å²) in [6.45, 7) is 4.11. The van der Waals surface area contributed by atoms with Crippen molar-refractivity contribution < 1.29 is 9.59 Å². The number of hydrogen-bond donors (Lipinski definition) is 1. The van der Waals surface area contributed by atoms with Crippen LogP contribution in [0.2, 0.25) is 0 Å². The van der Waals surface area contributed by atoms with Crippen LogP contribution in [0.3, 0.4) is 0 Å². The van der Waals surface area contributed by atoms with Crippen LogP contribution in [0.25, 0.3) is 10.2 Å². The largest absolute Gasteiger partial charge is 0.353 e. The Labute approximate surface area is 172 Å². The number of amidine groups is 1. The molecule has 6 nitrogen and oxygen atoms in total. The summed E-state index contributed by atoms with van der Waals surface area (Å²) in [5.74, 6) is -0.149. The van der Waals surface area contributed by atoms with E-state index in [-0.39, 0.29) is 24.3 Å². The molecule has 0 bridgehead atoms. The summed E-state index contributed by atoms with van der Waals surface area (Å²) < 4.78 is 1.05. The highest BCUT2D eigenvalue weighted by atomic mass is 32.2. The van der Waals surface area contributed by atoms with E-state index in [9.17, 15) is 9.59 Å². The van der Waals surface area contributed by atoms with Crippen LogP contribution in [0, 0.1) is 0 Å². The van der Waals surface area contributed by atoms with Gasteiger partial charge >= 0.3 is 0 Å². The molecular weight excluding hydrogens is 392 g/mol. The van der Waals surface area contributed by atoms with Gasteiger partial charge < -0.3 is 5.32 Å². The summed E-state index contributed by atoms with van der Waals surface area (Å²) in [5.41, 5.74) is 0.893. The lowest BCUT2D eigenvalue weighted by molar-refractivity contribution is -0.129. The number of carbonyl (C=O) groups excluding carboxylic acids is 2. The van der Waals surface area contributed by atoms with E-state index >= 15 is 0 Å². The number of nitrogens with one attached hydrogen (secondary N) is 1. The molecule has 0 spiro atoms. The van der Waals surface area contributed by atoms with E-state index < -0.39 is 5.25 Å². The molecule has 1 saturated heterocycles. The van der Waals surface area contributed by atoms with Gasteiger partial charge in [-0.2, -0.15) is 4.99 Å². The van der Waals surface area contributed by atoms with Crippen molar-refractivity contribution in [2.24, 2.45) is 4.99 Å². The minimum absolute atomic E-state index is 0.0578. The molecule has 1 atom stereocenters. The summed E-state index contributed by atoms with van der Waals surface area (Å²) in [4.78, 5) is 35.9. The second-order valence-corrected chi connectivity index (χ2v) is 9.13. The number of thioether (sulfide) groups is 1. The Balaban J connectivity index is 1.50. The Morgan fingerprint density at radius 1 is 1.36 bits per heavy atom. The summed E-state index contributed by atoms with van der Waals surface area (Å²) in [7, 11) is 0. The Hall–Kier alpha value is -2.19. The fourth-order valence-corrected chi connectivity index (χ4v) is 5.58. The SMILES string of the molecule is C=CCN1C(=O)C(CC(=O)NC2CCCC2)SC1=Nc1nc2ccccc2s1. The summed E-state index contributed by atoms with van der Waals surface area (Å²) in [6, 6.07) is 8.11. The molecule has 1 saturated carbocycles. The smallest absolute Gasteiger partial charge is 0.242 e. The van der Waals surface area contributed by atoms with Crippen molar-refractivity contribution in [2.45, 2.75) is 43.4 Å². The minimum atomic E-state index is -0.450. The van der Waals surface area contributed by atoms with Crippen molar-refractivity contribution in [1.29, 1.82) is 0 Å². The second kappa shape index (κ2) is 8.45. The first-order chi connectivity index (χ1) is 13.6. The van der Waals surface area contributed by atoms with Gasteiger partial charge in [-0.25, -0.2) is 4.98 Å². The van der Waals surface area contributed by atoms with Gasteiger partial charge in [0.1, 0.15) is 5.25 Å². The molecule has 2 heterocycles. The Bertz CT molecular complexity index is 900. The van der Waals surface area contributed by atoms with Gasteiger partial charge in [0, 0.05) is 19.0 Å². The normalized spacial score (nSPS) is 21.7. The zero-order chi connectivity index (χ0) is 19.5. The molecule has 28 heavy (non-hydrogen) atoms. The lowest BCUT2D eigenvalue weighted by Crippen LogP contribution is -2.37. The van der Waals surface area contributed by atoms with E-state index in [0.29, 0.717) is 16.8 Å². The maximum Gasteiger partial charge on any atom is 0.242 e. The molecule has 2 aliphatic rings. The average molecular weight is 415 g/mol. The van der Waals surface area contributed by atoms with Gasteiger partial charge in [-0.3, -0.25) is 14.5 Å². The summed E-state index contributed by atoms with van der Waals surface area (Å²) >= 11 is 2.83. The molecular formula is C20H22N4O2S2. The van der Waals surface area contributed by atoms with Gasteiger partial charge in [0.15, 0.2) is 5.17 Å². The van der Waals surface area contributed by atoms with Gasteiger partial charge in [0.2, 0.25) is 16.9 Å². The molecule has 2 aromatic rings. The van der Waals surface area contributed by atoms with Crippen LogP contribution in [-0.4, -0.2) is 44.7 Å². The zero-order valence-corrected chi connectivity index (χ0v) is 17.1. The molecule has 2 amide bonds. The van der Waals surface area contributed by atoms with E-state index in [2.05, 4.69) is 21.9 Å². The number of rotatable bonds is 6. The maximum atomic E-state index is 12.8. The second-order valence-electron chi connectivity index (χ2n) is 6.96. The molecule has 8 heteroatoms. The fraction of sp³-hybridized carbons (Fsp3) is 0.400. The van der Waals surface area contributed by atoms with Crippen molar-refractivity contribution >= 4 is 55.4 Å². The molecule has 146 valence electrons. The number of aromatic nitrogens is 1. The van der Waals surface area contributed by atoms with Crippen molar-refractivity contribution in [1.82, 2.24) is 15.2 Å². The molecule has 1 aromatic carbocycles.